The Balaban J connectivity index is 2.39. The minimum absolute atomic E-state index is 0.169. The molecule has 1 aromatic rings. The van der Waals surface area contributed by atoms with Crippen LogP contribution in [0.2, 0.25) is 0 Å². The molecule has 0 saturated heterocycles. The van der Waals surface area contributed by atoms with Gasteiger partial charge in [-0.15, -0.1) is 0 Å². The number of Topliss-reactive ketones (excluding diaryl/α,β-unsaturated/α-hetero) is 1. The van der Waals surface area contributed by atoms with E-state index in [9.17, 15) is 13.6 Å². The van der Waals surface area contributed by atoms with E-state index in [-0.39, 0.29) is 17.9 Å². The Bertz CT molecular complexity index is 439. The summed E-state index contributed by atoms with van der Waals surface area (Å²) in [6, 6.07) is 2.96. The van der Waals surface area contributed by atoms with Crippen LogP contribution in [-0.4, -0.2) is 12.3 Å². The normalized spacial score (nSPS) is 18.3. The molecule has 1 fully saturated rings. The van der Waals surface area contributed by atoms with Crippen molar-refractivity contribution in [1.82, 2.24) is 0 Å². The number of carbonyl (C=O) groups is 1. The summed E-state index contributed by atoms with van der Waals surface area (Å²) < 4.78 is 26.6. The highest BCUT2D eigenvalue weighted by molar-refractivity contribution is 6.01. The largest absolute Gasteiger partial charge is 0.329 e. The topological polar surface area (TPSA) is 43.1 Å². The van der Waals surface area contributed by atoms with Gasteiger partial charge < -0.3 is 5.73 Å². The number of nitrogens with two attached hydrogens (primary N) is 1. The van der Waals surface area contributed by atoms with Crippen molar-refractivity contribution >= 4 is 5.78 Å². The fourth-order valence-corrected chi connectivity index (χ4v) is 2.53. The molecule has 1 aliphatic carbocycles. The van der Waals surface area contributed by atoms with Crippen molar-refractivity contribution < 1.29 is 13.6 Å². The molecule has 0 bridgehead atoms. The van der Waals surface area contributed by atoms with Gasteiger partial charge in [0.25, 0.3) is 0 Å². The molecule has 4 heteroatoms. The van der Waals surface area contributed by atoms with Crippen molar-refractivity contribution in [1.29, 1.82) is 0 Å². The zero-order chi connectivity index (χ0) is 12.5. The van der Waals surface area contributed by atoms with Gasteiger partial charge >= 0.3 is 0 Å². The first kappa shape index (κ1) is 12.2. The first-order chi connectivity index (χ1) is 8.09. The highest BCUT2D eigenvalue weighted by Gasteiger charge is 2.41. The molecule has 2 nitrogen and oxygen atoms in total. The lowest BCUT2D eigenvalue weighted by Gasteiger charge is -2.25. The van der Waals surface area contributed by atoms with Crippen LogP contribution in [0.15, 0.2) is 18.2 Å². The SMILES string of the molecule is NCC1(C(=O)c2cc(F)ccc2F)CCCC1. The van der Waals surface area contributed by atoms with Gasteiger partial charge in [-0.25, -0.2) is 8.78 Å². The molecule has 0 radical (unpaired) electrons. The van der Waals surface area contributed by atoms with Crippen LogP contribution in [0.3, 0.4) is 0 Å². The predicted molar refractivity (Wildman–Crippen MR) is 60.6 cm³/mol. The number of benzene rings is 1. The van der Waals surface area contributed by atoms with E-state index in [1.165, 1.54) is 0 Å². The van der Waals surface area contributed by atoms with Crippen LogP contribution in [-0.2, 0) is 0 Å². The van der Waals surface area contributed by atoms with Crippen LogP contribution in [0.5, 0.6) is 0 Å². The monoisotopic (exact) mass is 239 g/mol. The van der Waals surface area contributed by atoms with Crippen LogP contribution >= 0.6 is 0 Å². The maximum absolute atomic E-state index is 13.6. The second kappa shape index (κ2) is 4.53. The summed E-state index contributed by atoms with van der Waals surface area (Å²) in [6.45, 7) is 0.196. The molecule has 0 amide bonds. The van der Waals surface area contributed by atoms with E-state index in [0.717, 1.165) is 31.0 Å². The van der Waals surface area contributed by atoms with Crippen molar-refractivity contribution in [2.45, 2.75) is 25.7 Å². The second-order valence-electron chi connectivity index (χ2n) is 4.64. The lowest BCUT2D eigenvalue weighted by molar-refractivity contribution is 0.0805. The van der Waals surface area contributed by atoms with E-state index in [4.69, 9.17) is 5.73 Å². The molecule has 1 aliphatic rings. The van der Waals surface area contributed by atoms with Crippen molar-refractivity contribution in [3.63, 3.8) is 0 Å². The van der Waals surface area contributed by atoms with Crippen LogP contribution < -0.4 is 5.73 Å². The number of ketones is 1. The quantitative estimate of drug-likeness (QED) is 0.824. The third kappa shape index (κ3) is 2.09. The fraction of sp³-hybridized carbons (Fsp3) is 0.462. The smallest absolute Gasteiger partial charge is 0.173 e. The van der Waals surface area contributed by atoms with Crippen LogP contribution in [0.25, 0.3) is 0 Å². The Kier molecular flexibility index (Phi) is 3.24. The predicted octanol–water partition coefficient (Wildman–Crippen LogP) is 2.67. The summed E-state index contributed by atoms with van der Waals surface area (Å²) in [5, 5.41) is 0. The van der Waals surface area contributed by atoms with Crippen molar-refractivity contribution in [2.24, 2.45) is 11.1 Å². The Morgan fingerprint density at radius 2 is 1.94 bits per heavy atom. The summed E-state index contributed by atoms with van der Waals surface area (Å²) in [6.07, 6.45) is 3.16. The van der Waals surface area contributed by atoms with E-state index in [2.05, 4.69) is 0 Å². The molecule has 92 valence electrons. The Morgan fingerprint density at radius 3 is 2.53 bits per heavy atom. The molecule has 17 heavy (non-hydrogen) atoms. The summed E-state index contributed by atoms with van der Waals surface area (Å²) in [5.74, 6) is -1.62. The molecule has 2 N–H and O–H groups in total. The number of halogens is 2. The molecule has 0 atom stereocenters. The molecule has 0 spiro atoms. The first-order valence-corrected chi connectivity index (χ1v) is 5.79. The zero-order valence-corrected chi connectivity index (χ0v) is 9.51. The third-order valence-corrected chi connectivity index (χ3v) is 3.61. The first-order valence-electron chi connectivity index (χ1n) is 5.79. The van der Waals surface area contributed by atoms with Crippen LogP contribution in [0, 0.1) is 17.0 Å². The maximum Gasteiger partial charge on any atom is 0.173 e. The zero-order valence-electron chi connectivity index (χ0n) is 9.51. The summed E-state index contributed by atoms with van der Waals surface area (Å²) in [4.78, 5) is 12.3. The highest BCUT2D eigenvalue weighted by Crippen LogP contribution is 2.40. The van der Waals surface area contributed by atoms with Gasteiger partial charge in [-0.2, -0.15) is 0 Å². The standard InChI is InChI=1S/C13H15F2NO/c14-9-3-4-11(15)10(7-9)12(17)13(8-16)5-1-2-6-13/h3-4,7H,1-2,5-6,8,16H2. The van der Waals surface area contributed by atoms with Gasteiger partial charge in [0, 0.05) is 12.0 Å². The van der Waals surface area contributed by atoms with Gasteiger partial charge in [0.2, 0.25) is 0 Å². The van der Waals surface area contributed by atoms with E-state index >= 15 is 0 Å². The average Bonchev–Trinajstić information content (AvgIpc) is 2.81. The number of hydrogen-bond acceptors (Lipinski definition) is 2. The maximum atomic E-state index is 13.6. The minimum Gasteiger partial charge on any atom is -0.329 e. The third-order valence-electron chi connectivity index (χ3n) is 3.61. The van der Waals surface area contributed by atoms with Gasteiger partial charge in [0.05, 0.1) is 5.56 Å². The van der Waals surface area contributed by atoms with Crippen molar-refractivity contribution in [3.05, 3.63) is 35.4 Å². The van der Waals surface area contributed by atoms with Gasteiger partial charge in [-0.05, 0) is 31.0 Å². The molecule has 0 heterocycles. The molecule has 2 rings (SSSR count). The summed E-state index contributed by atoms with van der Waals surface area (Å²) in [7, 11) is 0. The Morgan fingerprint density at radius 1 is 1.29 bits per heavy atom. The second-order valence-corrected chi connectivity index (χ2v) is 4.64. The van der Waals surface area contributed by atoms with Gasteiger partial charge in [-0.3, -0.25) is 4.79 Å². The van der Waals surface area contributed by atoms with Crippen LogP contribution in [0.4, 0.5) is 8.78 Å². The van der Waals surface area contributed by atoms with E-state index in [1.807, 2.05) is 0 Å². The molecule has 1 saturated carbocycles. The molecule has 0 aliphatic heterocycles. The highest BCUT2D eigenvalue weighted by atomic mass is 19.1. The van der Waals surface area contributed by atoms with E-state index in [1.54, 1.807) is 0 Å². The lowest BCUT2D eigenvalue weighted by Crippen LogP contribution is -2.36. The molecule has 1 aromatic carbocycles. The summed E-state index contributed by atoms with van der Waals surface area (Å²) in [5.41, 5.74) is 4.80. The van der Waals surface area contributed by atoms with Gasteiger partial charge in [0.1, 0.15) is 11.6 Å². The minimum atomic E-state index is -0.686. The molecular formula is C13H15F2NO. The average molecular weight is 239 g/mol. The fourth-order valence-electron chi connectivity index (χ4n) is 2.53. The number of rotatable bonds is 3. The lowest BCUT2D eigenvalue weighted by atomic mass is 9.78. The van der Waals surface area contributed by atoms with E-state index < -0.39 is 17.0 Å². The van der Waals surface area contributed by atoms with Crippen LogP contribution in [0.1, 0.15) is 36.0 Å². The number of hydrogen-bond donors (Lipinski definition) is 1. The van der Waals surface area contributed by atoms with Crippen molar-refractivity contribution in [2.75, 3.05) is 6.54 Å². The number of carbonyl (C=O) groups excluding carboxylic acids is 1. The molecule has 0 aromatic heterocycles. The van der Waals surface area contributed by atoms with Gasteiger partial charge in [-0.1, -0.05) is 12.8 Å². The summed E-state index contributed by atoms with van der Waals surface area (Å²) >= 11 is 0. The molecular weight excluding hydrogens is 224 g/mol. The van der Waals surface area contributed by atoms with E-state index in [0.29, 0.717) is 12.8 Å². The Hall–Kier alpha value is -1.29. The van der Waals surface area contributed by atoms with Crippen molar-refractivity contribution in [3.8, 4) is 0 Å². The molecule has 0 unspecified atom stereocenters. The van der Waals surface area contributed by atoms with Gasteiger partial charge in [0.15, 0.2) is 5.78 Å². The Labute approximate surface area is 98.8 Å².